The number of aliphatic hydroxyl groups excluding tert-OH is 1. The molecule has 0 aliphatic carbocycles. The number of aliphatic hydroxyl groups is 1. The zero-order valence-electron chi connectivity index (χ0n) is 4.86. The van der Waals surface area contributed by atoms with Gasteiger partial charge in [0, 0.05) is 6.42 Å². The summed E-state index contributed by atoms with van der Waals surface area (Å²) in [5.74, 6) is 0.891. The first-order valence-electron chi connectivity index (χ1n) is 2.91. The molecule has 0 fully saturated rings. The van der Waals surface area contributed by atoms with Gasteiger partial charge in [0.05, 0.1) is 12.6 Å². The van der Waals surface area contributed by atoms with Crippen molar-refractivity contribution in [2.24, 2.45) is 0 Å². The van der Waals surface area contributed by atoms with E-state index in [1.54, 1.807) is 4.68 Å². The maximum absolute atomic E-state index is 9.04. The molecule has 4 nitrogen and oxygen atoms in total. The Hall–Kier alpha value is -0.900. The van der Waals surface area contributed by atoms with Gasteiger partial charge >= 0.3 is 0 Å². The first-order chi connectivity index (χ1) is 4.36. The van der Waals surface area contributed by atoms with Crippen LogP contribution in [0.4, 0.5) is 0 Å². The second-order valence-electron chi connectivity index (χ2n) is 2.22. The fourth-order valence-electron chi connectivity index (χ4n) is 1.07. The SMILES string of the molecule is O[C@@H]1Cc2ncnn2C1. The number of fused-ring (bicyclic) bond motifs is 1. The smallest absolute Gasteiger partial charge is 0.138 e. The van der Waals surface area contributed by atoms with E-state index in [9.17, 15) is 0 Å². The minimum Gasteiger partial charge on any atom is -0.391 e. The Bertz CT molecular complexity index is 199. The minimum absolute atomic E-state index is 0.263. The van der Waals surface area contributed by atoms with Crippen molar-refractivity contribution in [2.45, 2.75) is 19.1 Å². The molecule has 0 bridgehead atoms. The average molecular weight is 125 g/mol. The highest BCUT2D eigenvalue weighted by atomic mass is 16.3. The molecule has 2 heterocycles. The molecule has 1 aromatic rings. The van der Waals surface area contributed by atoms with E-state index in [-0.39, 0.29) is 6.10 Å². The third kappa shape index (κ3) is 0.632. The molecule has 1 aliphatic heterocycles. The maximum atomic E-state index is 9.04. The van der Waals surface area contributed by atoms with Crippen LogP contribution in [0.3, 0.4) is 0 Å². The summed E-state index contributed by atoms with van der Waals surface area (Å²) < 4.78 is 1.73. The lowest BCUT2D eigenvalue weighted by Gasteiger charge is -1.93. The van der Waals surface area contributed by atoms with Gasteiger partial charge in [-0.15, -0.1) is 0 Å². The van der Waals surface area contributed by atoms with E-state index in [2.05, 4.69) is 10.1 Å². The van der Waals surface area contributed by atoms with Crippen LogP contribution in [0, 0.1) is 0 Å². The summed E-state index contributed by atoms with van der Waals surface area (Å²) in [5, 5.41) is 12.9. The molecule has 1 aromatic heterocycles. The van der Waals surface area contributed by atoms with Crippen molar-refractivity contribution in [2.75, 3.05) is 0 Å². The van der Waals surface area contributed by atoms with Crippen molar-refractivity contribution >= 4 is 0 Å². The molecule has 4 heteroatoms. The van der Waals surface area contributed by atoms with Gasteiger partial charge in [0.2, 0.25) is 0 Å². The molecule has 0 spiro atoms. The molecule has 0 radical (unpaired) electrons. The summed E-state index contributed by atoms with van der Waals surface area (Å²) in [6.45, 7) is 0.606. The van der Waals surface area contributed by atoms with E-state index < -0.39 is 0 Å². The summed E-state index contributed by atoms with van der Waals surface area (Å²) in [6.07, 6.45) is 1.91. The van der Waals surface area contributed by atoms with Crippen LogP contribution < -0.4 is 0 Å². The standard InChI is InChI=1S/C5H7N3O/c9-4-1-5-6-3-7-8(5)2-4/h3-4,9H,1-2H2/t4-/m1/s1. The highest BCUT2D eigenvalue weighted by molar-refractivity contribution is 4.93. The van der Waals surface area contributed by atoms with Crippen molar-refractivity contribution in [1.82, 2.24) is 14.8 Å². The lowest BCUT2D eigenvalue weighted by molar-refractivity contribution is 0.172. The largest absolute Gasteiger partial charge is 0.391 e. The van der Waals surface area contributed by atoms with Gasteiger partial charge in [0.15, 0.2) is 0 Å². The van der Waals surface area contributed by atoms with Crippen LogP contribution in [0.5, 0.6) is 0 Å². The second-order valence-corrected chi connectivity index (χ2v) is 2.22. The molecule has 1 N–H and O–H groups in total. The molecule has 1 atom stereocenters. The first kappa shape index (κ1) is 4.93. The van der Waals surface area contributed by atoms with Gasteiger partial charge in [-0.25, -0.2) is 9.67 Å². The van der Waals surface area contributed by atoms with Crippen molar-refractivity contribution in [1.29, 1.82) is 0 Å². The third-order valence-electron chi connectivity index (χ3n) is 1.50. The van der Waals surface area contributed by atoms with Gasteiger partial charge < -0.3 is 5.11 Å². The highest BCUT2D eigenvalue weighted by Gasteiger charge is 2.19. The van der Waals surface area contributed by atoms with Crippen LogP contribution >= 0.6 is 0 Å². The molecular weight excluding hydrogens is 118 g/mol. The minimum atomic E-state index is -0.263. The van der Waals surface area contributed by atoms with Gasteiger partial charge in [0.1, 0.15) is 12.2 Å². The molecule has 0 saturated heterocycles. The second kappa shape index (κ2) is 1.54. The van der Waals surface area contributed by atoms with E-state index in [1.165, 1.54) is 6.33 Å². The van der Waals surface area contributed by atoms with Crippen molar-refractivity contribution in [3.8, 4) is 0 Å². The van der Waals surface area contributed by atoms with Crippen LogP contribution in [0.25, 0.3) is 0 Å². The first-order valence-corrected chi connectivity index (χ1v) is 2.91. The third-order valence-corrected chi connectivity index (χ3v) is 1.50. The fourth-order valence-corrected chi connectivity index (χ4v) is 1.07. The number of nitrogens with zero attached hydrogens (tertiary/aromatic N) is 3. The molecule has 9 heavy (non-hydrogen) atoms. The van der Waals surface area contributed by atoms with Crippen LogP contribution in [-0.2, 0) is 13.0 Å². The summed E-state index contributed by atoms with van der Waals surface area (Å²) in [6, 6.07) is 0. The Morgan fingerprint density at radius 2 is 2.67 bits per heavy atom. The Kier molecular flexibility index (Phi) is 0.843. The maximum Gasteiger partial charge on any atom is 0.138 e. The number of hydrogen-bond donors (Lipinski definition) is 1. The average Bonchev–Trinajstić information content (AvgIpc) is 2.22. The molecule has 0 amide bonds. The molecule has 1 aliphatic rings. The fraction of sp³-hybridized carbons (Fsp3) is 0.600. The zero-order valence-corrected chi connectivity index (χ0v) is 4.86. The van der Waals surface area contributed by atoms with Crippen LogP contribution in [-0.4, -0.2) is 26.0 Å². The summed E-state index contributed by atoms with van der Waals surface area (Å²) in [4.78, 5) is 3.94. The monoisotopic (exact) mass is 125 g/mol. The lowest BCUT2D eigenvalue weighted by Crippen LogP contribution is -2.07. The molecule has 0 unspecified atom stereocenters. The Morgan fingerprint density at radius 1 is 1.78 bits per heavy atom. The van der Waals surface area contributed by atoms with Crippen molar-refractivity contribution < 1.29 is 5.11 Å². The predicted molar refractivity (Wildman–Crippen MR) is 29.7 cm³/mol. The summed E-state index contributed by atoms with van der Waals surface area (Å²) in [7, 11) is 0. The summed E-state index contributed by atoms with van der Waals surface area (Å²) in [5.41, 5.74) is 0. The van der Waals surface area contributed by atoms with Gasteiger partial charge in [-0.2, -0.15) is 5.10 Å². The van der Waals surface area contributed by atoms with E-state index in [4.69, 9.17) is 5.11 Å². The van der Waals surface area contributed by atoms with E-state index in [1.807, 2.05) is 0 Å². The summed E-state index contributed by atoms with van der Waals surface area (Å²) >= 11 is 0. The quantitative estimate of drug-likeness (QED) is 0.493. The molecule has 48 valence electrons. The van der Waals surface area contributed by atoms with Crippen LogP contribution in [0.1, 0.15) is 5.82 Å². The number of aromatic nitrogens is 3. The van der Waals surface area contributed by atoms with E-state index in [0.717, 1.165) is 5.82 Å². The van der Waals surface area contributed by atoms with Crippen molar-refractivity contribution in [3.63, 3.8) is 0 Å². The van der Waals surface area contributed by atoms with Gasteiger partial charge in [-0.3, -0.25) is 0 Å². The molecule has 0 saturated carbocycles. The predicted octanol–water partition coefficient (Wildman–Crippen LogP) is -0.805. The molecule has 0 aromatic carbocycles. The molecular formula is C5H7N3O. The molecule has 2 rings (SSSR count). The Labute approximate surface area is 52.1 Å². The topological polar surface area (TPSA) is 50.9 Å². The lowest BCUT2D eigenvalue weighted by atomic mass is 10.3. The highest BCUT2D eigenvalue weighted by Crippen LogP contribution is 2.08. The van der Waals surface area contributed by atoms with Crippen LogP contribution in [0.2, 0.25) is 0 Å². The van der Waals surface area contributed by atoms with Crippen LogP contribution in [0.15, 0.2) is 6.33 Å². The Balaban J connectivity index is 2.39. The van der Waals surface area contributed by atoms with Crippen molar-refractivity contribution in [3.05, 3.63) is 12.2 Å². The van der Waals surface area contributed by atoms with E-state index in [0.29, 0.717) is 13.0 Å². The van der Waals surface area contributed by atoms with Gasteiger partial charge in [-0.1, -0.05) is 0 Å². The van der Waals surface area contributed by atoms with Gasteiger partial charge in [-0.05, 0) is 0 Å². The van der Waals surface area contributed by atoms with Gasteiger partial charge in [0.25, 0.3) is 0 Å². The Morgan fingerprint density at radius 3 is 3.44 bits per heavy atom. The normalized spacial score (nSPS) is 24.3. The number of rotatable bonds is 0. The zero-order chi connectivity index (χ0) is 6.27. The number of hydrogen-bond acceptors (Lipinski definition) is 3. The van der Waals surface area contributed by atoms with E-state index >= 15 is 0 Å².